The van der Waals surface area contributed by atoms with Gasteiger partial charge in [-0.3, -0.25) is 0 Å². The summed E-state index contributed by atoms with van der Waals surface area (Å²) >= 11 is 5.65. The molecule has 0 saturated carbocycles. The largest absolute Gasteiger partial charge is 0.310 e. The fourth-order valence-electron chi connectivity index (χ4n) is 6.75. The zero-order chi connectivity index (χ0) is 28.8. The minimum absolute atomic E-state index is 1.16. The SMILES string of the molecule is c1ccc(N(c2ccc3c(c2)sc2ccccc23)c2ccc3c(c2)sc2cc4cc5sc6ccccc6c5cc4cc23)cc1. The molecule has 0 atom stereocenters. The van der Waals surface area contributed by atoms with Gasteiger partial charge >= 0.3 is 0 Å². The standard InChI is InChI=1S/C40H23NS3/c1-2-8-26(9-3-1)41(27-14-16-31-29-10-4-6-12-35(29)43-39(31)22-27)28-15-17-32-34-19-24-18-33-30-11-5-7-13-36(30)42-37(33)20-25(24)21-38(34)44-40(32)23-28/h1-23H. The molecule has 0 unspecified atom stereocenters. The molecule has 0 aliphatic rings. The molecule has 10 aromatic rings. The molecule has 10 rings (SSSR count). The van der Waals surface area contributed by atoms with E-state index in [2.05, 4.69) is 144 Å². The summed E-state index contributed by atoms with van der Waals surface area (Å²) in [6.07, 6.45) is 0. The summed E-state index contributed by atoms with van der Waals surface area (Å²) in [6, 6.07) is 51.7. The van der Waals surface area contributed by atoms with E-state index in [4.69, 9.17) is 0 Å². The molecule has 1 nitrogen and oxygen atoms in total. The Morgan fingerprint density at radius 3 is 1.34 bits per heavy atom. The molecule has 3 aromatic heterocycles. The molecular weight excluding hydrogens is 591 g/mol. The van der Waals surface area contributed by atoms with Crippen molar-refractivity contribution in [3.8, 4) is 0 Å². The highest BCUT2D eigenvalue weighted by molar-refractivity contribution is 7.26. The summed E-state index contributed by atoms with van der Waals surface area (Å²) in [5.41, 5.74) is 3.51. The van der Waals surface area contributed by atoms with Gasteiger partial charge in [0.1, 0.15) is 0 Å². The van der Waals surface area contributed by atoms with Crippen LogP contribution in [0.2, 0.25) is 0 Å². The van der Waals surface area contributed by atoms with Gasteiger partial charge in [0.2, 0.25) is 0 Å². The lowest BCUT2D eigenvalue weighted by Gasteiger charge is -2.25. The van der Waals surface area contributed by atoms with Crippen LogP contribution in [0, 0.1) is 0 Å². The van der Waals surface area contributed by atoms with Crippen LogP contribution in [0.25, 0.3) is 71.3 Å². The van der Waals surface area contributed by atoms with Crippen molar-refractivity contribution in [1.82, 2.24) is 0 Å². The van der Waals surface area contributed by atoms with Crippen LogP contribution in [-0.2, 0) is 0 Å². The van der Waals surface area contributed by atoms with E-state index < -0.39 is 0 Å². The van der Waals surface area contributed by atoms with Crippen molar-refractivity contribution in [3.05, 3.63) is 140 Å². The summed E-state index contributed by atoms with van der Waals surface area (Å²) in [6.45, 7) is 0. The predicted molar refractivity (Wildman–Crippen MR) is 197 cm³/mol. The van der Waals surface area contributed by atoms with Crippen molar-refractivity contribution in [2.75, 3.05) is 4.90 Å². The second-order valence-corrected chi connectivity index (χ2v) is 14.6. The van der Waals surface area contributed by atoms with E-state index >= 15 is 0 Å². The molecule has 0 radical (unpaired) electrons. The van der Waals surface area contributed by atoms with Crippen LogP contribution in [0.15, 0.2) is 140 Å². The van der Waals surface area contributed by atoms with Gasteiger partial charge in [0, 0.05) is 77.6 Å². The fourth-order valence-corrected chi connectivity index (χ4v) is 10.2. The topological polar surface area (TPSA) is 3.24 Å². The molecule has 0 aliphatic carbocycles. The third-order valence-electron chi connectivity index (χ3n) is 8.80. The van der Waals surface area contributed by atoms with E-state index in [0.717, 1.165) is 5.69 Å². The lowest BCUT2D eigenvalue weighted by molar-refractivity contribution is 1.30. The number of benzene rings is 7. The van der Waals surface area contributed by atoms with E-state index in [-0.39, 0.29) is 0 Å². The molecule has 0 aliphatic heterocycles. The molecule has 0 amide bonds. The Morgan fingerprint density at radius 1 is 0.295 bits per heavy atom. The van der Waals surface area contributed by atoms with Crippen LogP contribution >= 0.6 is 34.0 Å². The van der Waals surface area contributed by atoms with Crippen LogP contribution in [0.1, 0.15) is 0 Å². The first-order valence-corrected chi connectivity index (χ1v) is 17.2. The van der Waals surface area contributed by atoms with Gasteiger partial charge < -0.3 is 4.90 Å². The molecule has 0 fully saturated rings. The van der Waals surface area contributed by atoms with Gasteiger partial charge in [-0.2, -0.15) is 0 Å². The number of hydrogen-bond acceptors (Lipinski definition) is 4. The summed E-state index contributed by atoms with van der Waals surface area (Å²) in [5.74, 6) is 0. The fraction of sp³-hybridized carbons (Fsp3) is 0. The molecule has 0 spiro atoms. The van der Waals surface area contributed by atoms with Crippen molar-refractivity contribution in [2.24, 2.45) is 0 Å². The maximum atomic E-state index is 2.40. The Balaban J connectivity index is 1.15. The Hall–Kier alpha value is -4.74. The second kappa shape index (κ2) is 9.38. The van der Waals surface area contributed by atoms with E-state index in [1.165, 1.54) is 82.7 Å². The summed E-state index contributed by atoms with van der Waals surface area (Å²) in [5, 5.41) is 10.6. The first-order chi connectivity index (χ1) is 21.8. The van der Waals surface area contributed by atoms with E-state index in [9.17, 15) is 0 Å². The van der Waals surface area contributed by atoms with Gasteiger partial charge in [0.05, 0.1) is 0 Å². The first kappa shape index (κ1) is 24.7. The molecule has 0 bridgehead atoms. The normalized spacial score (nSPS) is 12.1. The lowest BCUT2D eigenvalue weighted by atomic mass is 10.0. The van der Waals surface area contributed by atoms with Crippen LogP contribution in [0.4, 0.5) is 17.1 Å². The minimum Gasteiger partial charge on any atom is -0.310 e. The Labute approximate surface area is 265 Å². The van der Waals surface area contributed by atoms with Crippen molar-refractivity contribution < 1.29 is 0 Å². The number of thiophene rings is 3. The Kier molecular flexibility index (Phi) is 5.26. The quantitative estimate of drug-likeness (QED) is 0.192. The summed E-state index contributed by atoms with van der Waals surface area (Å²) in [7, 11) is 0. The number of hydrogen-bond donors (Lipinski definition) is 0. The van der Waals surface area contributed by atoms with Crippen LogP contribution in [0.3, 0.4) is 0 Å². The van der Waals surface area contributed by atoms with Crippen molar-refractivity contribution in [3.63, 3.8) is 0 Å². The first-order valence-electron chi connectivity index (χ1n) is 14.7. The van der Waals surface area contributed by atoms with Gasteiger partial charge in [0.25, 0.3) is 0 Å². The van der Waals surface area contributed by atoms with Crippen LogP contribution in [0.5, 0.6) is 0 Å². The Morgan fingerprint density at radius 2 is 0.727 bits per heavy atom. The van der Waals surface area contributed by atoms with E-state index in [1.54, 1.807) is 0 Å². The smallest absolute Gasteiger partial charge is 0.0476 e. The third kappa shape index (κ3) is 3.69. The molecule has 206 valence electrons. The van der Waals surface area contributed by atoms with Gasteiger partial charge in [-0.05, 0) is 83.6 Å². The summed E-state index contributed by atoms with van der Waals surface area (Å²) < 4.78 is 8.00. The average molecular weight is 614 g/mol. The van der Waals surface area contributed by atoms with Crippen LogP contribution < -0.4 is 4.90 Å². The second-order valence-electron chi connectivity index (χ2n) is 11.4. The predicted octanol–water partition coefficient (Wildman–Crippen LogP) is 13.4. The zero-order valence-corrected chi connectivity index (χ0v) is 25.9. The number of nitrogens with zero attached hydrogens (tertiary/aromatic N) is 1. The number of rotatable bonds is 3. The lowest BCUT2D eigenvalue weighted by Crippen LogP contribution is -2.09. The van der Waals surface area contributed by atoms with Gasteiger partial charge in [0.15, 0.2) is 0 Å². The molecule has 3 heterocycles. The summed E-state index contributed by atoms with van der Waals surface area (Å²) in [4.78, 5) is 2.39. The Bertz CT molecular complexity index is 2730. The molecule has 4 heteroatoms. The maximum Gasteiger partial charge on any atom is 0.0476 e. The van der Waals surface area contributed by atoms with Gasteiger partial charge in [-0.15, -0.1) is 34.0 Å². The highest BCUT2D eigenvalue weighted by atomic mass is 32.1. The van der Waals surface area contributed by atoms with Crippen LogP contribution in [-0.4, -0.2) is 0 Å². The van der Waals surface area contributed by atoms with Crippen molar-refractivity contribution in [2.45, 2.75) is 0 Å². The molecule has 44 heavy (non-hydrogen) atoms. The minimum atomic E-state index is 1.16. The highest BCUT2D eigenvalue weighted by Gasteiger charge is 2.17. The van der Waals surface area contributed by atoms with Gasteiger partial charge in [-0.1, -0.05) is 66.7 Å². The molecular formula is C40H23NS3. The monoisotopic (exact) mass is 613 g/mol. The maximum absolute atomic E-state index is 2.40. The van der Waals surface area contributed by atoms with Gasteiger partial charge in [-0.25, -0.2) is 0 Å². The third-order valence-corrected chi connectivity index (χ3v) is 12.2. The number of fused-ring (bicyclic) bond motifs is 10. The van der Waals surface area contributed by atoms with Crippen molar-refractivity contribution >= 4 is 122 Å². The number of anilines is 3. The average Bonchev–Trinajstić information content (AvgIpc) is 3.73. The molecule has 7 aromatic carbocycles. The van der Waals surface area contributed by atoms with E-state index in [0.29, 0.717) is 0 Å². The number of para-hydroxylation sites is 1. The van der Waals surface area contributed by atoms with Crippen molar-refractivity contribution in [1.29, 1.82) is 0 Å². The molecule has 0 saturated heterocycles. The highest BCUT2D eigenvalue weighted by Crippen LogP contribution is 2.44. The molecule has 0 N–H and O–H groups in total. The van der Waals surface area contributed by atoms with E-state index in [1.807, 2.05) is 34.0 Å². The zero-order valence-electron chi connectivity index (χ0n) is 23.5.